The molecule has 0 aromatic rings. The first-order chi connectivity index (χ1) is 10.6. The Kier molecular flexibility index (Phi) is 8.53. The standard InChI is InChI=1S/C16H26O7/c1-7-21-12(17)9-10-15(3,4)11-23-16(5,13(18)20-6)14(19)22-8-2/h9-10H,7-8,11H2,1-6H3/b10-9+. The van der Waals surface area contributed by atoms with Crippen LogP contribution in [0.3, 0.4) is 0 Å². The first-order valence-corrected chi connectivity index (χ1v) is 7.38. The van der Waals surface area contributed by atoms with Crippen molar-refractivity contribution in [2.45, 2.75) is 40.2 Å². The van der Waals surface area contributed by atoms with Gasteiger partial charge in [0.05, 0.1) is 26.9 Å². The molecule has 23 heavy (non-hydrogen) atoms. The van der Waals surface area contributed by atoms with Crippen molar-refractivity contribution in [2.24, 2.45) is 5.41 Å². The van der Waals surface area contributed by atoms with Gasteiger partial charge >= 0.3 is 17.9 Å². The lowest BCUT2D eigenvalue weighted by Crippen LogP contribution is -2.49. The summed E-state index contributed by atoms with van der Waals surface area (Å²) in [5.74, 6) is -2.14. The maximum Gasteiger partial charge on any atom is 0.349 e. The minimum atomic E-state index is -1.86. The van der Waals surface area contributed by atoms with Crippen LogP contribution >= 0.6 is 0 Å². The van der Waals surface area contributed by atoms with Crippen LogP contribution in [-0.4, -0.2) is 50.4 Å². The summed E-state index contributed by atoms with van der Waals surface area (Å²) in [7, 11) is 1.16. The number of hydrogen-bond donors (Lipinski definition) is 0. The van der Waals surface area contributed by atoms with Crippen molar-refractivity contribution in [1.82, 2.24) is 0 Å². The largest absolute Gasteiger partial charge is 0.466 e. The zero-order chi connectivity index (χ0) is 18.1. The molecule has 0 bridgehead atoms. The van der Waals surface area contributed by atoms with E-state index in [-0.39, 0.29) is 19.8 Å². The van der Waals surface area contributed by atoms with Crippen molar-refractivity contribution in [3.8, 4) is 0 Å². The van der Waals surface area contributed by atoms with E-state index in [0.29, 0.717) is 0 Å². The van der Waals surface area contributed by atoms with E-state index in [1.807, 2.05) is 0 Å². The van der Waals surface area contributed by atoms with E-state index in [4.69, 9.17) is 14.2 Å². The molecule has 0 radical (unpaired) electrons. The molecule has 0 aromatic carbocycles. The molecule has 0 aliphatic rings. The number of esters is 3. The van der Waals surface area contributed by atoms with Crippen LogP contribution in [0.15, 0.2) is 12.2 Å². The molecule has 1 atom stereocenters. The van der Waals surface area contributed by atoms with Crippen LogP contribution in [0.2, 0.25) is 0 Å². The van der Waals surface area contributed by atoms with Gasteiger partial charge in [0.2, 0.25) is 0 Å². The molecule has 0 amide bonds. The van der Waals surface area contributed by atoms with E-state index in [0.717, 1.165) is 7.11 Å². The molecule has 0 heterocycles. The first kappa shape index (κ1) is 21.1. The van der Waals surface area contributed by atoms with Gasteiger partial charge in [0.1, 0.15) is 0 Å². The molecule has 0 aliphatic carbocycles. The average Bonchev–Trinajstić information content (AvgIpc) is 2.50. The fraction of sp³-hybridized carbons (Fsp3) is 0.688. The van der Waals surface area contributed by atoms with Gasteiger partial charge in [-0.15, -0.1) is 0 Å². The van der Waals surface area contributed by atoms with Gasteiger partial charge in [0.25, 0.3) is 5.60 Å². The van der Waals surface area contributed by atoms with E-state index in [9.17, 15) is 14.4 Å². The number of hydrogen-bond acceptors (Lipinski definition) is 7. The Morgan fingerprint density at radius 2 is 1.52 bits per heavy atom. The fourth-order valence-corrected chi connectivity index (χ4v) is 1.53. The number of carbonyl (C=O) groups excluding carboxylic acids is 3. The third kappa shape index (κ3) is 6.81. The second-order valence-electron chi connectivity index (χ2n) is 5.61. The lowest BCUT2D eigenvalue weighted by molar-refractivity contribution is -0.189. The Morgan fingerprint density at radius 3 is 2.00 bits per heavy atom. The number of carbonyl (C=O) groups is 3. The summed E-state index contributed by atoms with van der Waals surface area (Å²) < 4.78 is 19.8. The van der Waals surface area contributed by atoms with E-state index in [2.05, 4.69) is 4.74 Å². The molecule has 0 aromatic heterocycles. The highest BCUT2D eigenvalue weighted by Crippen LogP contribution is 2.23. The van der Waals surface area contributed by atoms with Crippen LogP contribution in [0.4, 0.5) is 0 Å². The maximum absolute atomic E-state index is 12.0. The zero-order valence-corrected chi connectivity index (χ0v) is 14.6. The third-order valence-electron chi connectivity index (χ3n) is 2.93. The van der Waals surface area contributed by atoms with Gasteiger partial charge in [-0.1, -0.05) is 19.9 Å². The Bertz CT molecular complexity index is 453. The van der Waals surface area contributed by atoms with Crippen LogP contribution in [0.5, 0.6) is 0 Å². The molecule has 7 nitrogen and oxygen atoms in total. The quantitative estimate of drug-likeness (QED) is 0.275. The molecular formula is C16H26O7. The summed E-state index contributed by atoms with van der Waals surface area (Å²) in [6, 6.07) is 0. The van der Waals surface area contributed by atoms with E-state index >= 15 is 0 Å². The van der Waals surface area contributed by atoms with Gasteiger partial charge in [-0.25, -0.2) is 14.4 Å². The lowest BCUT2D eigenvalue weighted by Gasteiger charge is -2.29. The zero-order valence-electron chi connectivity index (χ0n) is 14.6. The lowest BCUT2D eigenvalue weighted by atomic mass is 9.93. The van der Waals surface area contributed by atoms with E-state index in [1.54, 1.807) is 33.8 Å². The van der Waals surface area contributed by atoms with Crippen molar-refractivity contribution < 1.29 is 33.3 Å². The SMILES string of the molecule is CCOC(=O)/C=C/C(C)(C)COC(C)(C(=O)OC)C(=O)OCC. The summed E-state index contributed by atoms with van der Waals surface area (Å²) in [5.41, 5.74) is -2.48. The van der Waals surface area contributed by atoms with Crippen LogP contribution in [-0.2, 0) is 33.3 Å². The number of rotatable bonds is 9. The van der Waals surface area contributed by atoms with Crippen LogP contribution in [0, 0.1) is 5.41 Å². The van der Waals surface area contributed by atoms with Gasteiger partial charge in [-0.2, -0.15) is 0 Å². The Balaban J connectivity index is 5.00. The molecule has 0 rings (SSSR count). The highest BCUT2D eigenvalue weighted by Gasteiger charge is 2.46. The monoisotopic (exact) mass is 330 g/mol. The topological polar surface area (TPSA) is 88.1 Å². The predicted molar refractivity (Wildman–Crippen MR) is 82.6 cm³/mol. The fourth-order valence-electron chi connectivity index (χ4n) is 1.53. The molecule has 132 valence electrons. The van der Waals surface area contributed by atoms with Crippen molar-refractivity contribution in [1.29, 1.82) is 0 Å². The minimum Gasteiger partial charge on any atom is -0.466 e. The average molecular weight is 330 g/mol. The smallest absolute Gasteiger partial charge is 0.349 e. The highest BCUT2D eigenvalue weighted by atomic mass is 16.6. The summed E-state index contributed by atoms with van der Waals surface area (Å²) in [4.78, 5) is 35.2. The van der Waals surface area contributed by atoms with E-state index < -0.39 is 28.9 Å². The third-order valence-corrected chi connectivity index (χ3v) is 2.93. The first-order valence-electron chi connectivity index (χ1n) is 7.38. The summed E-state index contributed by atoms with van der Waals surface area (Å²) >= 11 is 0. The normalized spacial score (nSPS) is 14.2. The van der Waals surface area contributed by atoms with Gasteiger partial charge in [-0.3, -0.25) is 0 Å². The Morgan fingerprint density at radius 1 is 0.957 bits per heavy atom. The second-order valence-corrected chi connectivity index (χ2v) is 5.61. The Labute approximate surface area is 136 Å². The van der Waals surface area contributed by atoms with Crippen molar-refractivity contribution in [3.05, 3.63) is 12.2 Å². The molecule has 0 spiro atoms. The summed E-state index contributed by atoms with van der Waals surface area (Å²) in [6.45, 7) is 8.58. The molecule has 0 saturated carbocycles. The maximum atomic E-state index is 12.0. The van der Waals surface area contributed by atoms with Crippen molar-refractivity contribution in [3.63, 3.8) is 0 Å². The van der Waals surface area contributed by atoms with Crippen LogP contribution in [0.1, 0.15) is 34.6 Å². The molecule has 0 saturated heterocycles. The van der Waals surface area contributed by atoms with Crippen LogP contribution < -0.4 is 0 Å². The van der Waals surface area contributed by atoms with Gasteiger partial charge in [-0.05, 0) is 20.8 Å². The second kappa shape index (κ2) is 9.29. The molecule has 0 fully saturated rings. The molecule has 7 heteroatoms. The van der Waals surface area contributed by atoms with Crippen molar-refractivity contribution >= 4 is 17.9 Å². The predicted octanol–water partition coefficient (Wildman–Crippen LogP) is 1.64. The molecule has 1 unspecified atom stereocenters. The summed E-state index contributed by atoms with van der Waals surface area (Å²) in [5, 5.41) is 0. The molecule has 0 N–H and O–H groups in total. The van der Waals surface area contributed by atoms with Crippen molar-refractivity contribution in [2.75, 3.05) is 26.9 Å². The van der Waals surface area contributed by atoms with E-state index in [1.165, 1.54) is 13.0 Å². The van der Waals surface area contributed by atoms with Gasteiger partial charge < -0.3 is 18.9 Å². The molecule has 0 aliphatic heterocycles. The van der Waals surface area contributed by atoms with Gasteiger partial charge in [0, 0.05) is 11.5 Å². The highest BCUT2D eigenvalue weighted by molar-refractivity contribution is 6.03. The van der Waals surface area contributed by atoms with Crippen LogP contribution in [0.25, 0.3) is 0 Å². The number of ether oxygens (including phenoxy) is 4. The Hall–Kier alpha value is -1.89. The summed E-state index contributed by atoms with van der Waals surface area (Å²) in [6.07, 6.45) is 2.88. The minimum absolute atomic E-state index is 0.00663. The van der Waals surface area contributed by atoms with Gasteiger partial charge in [0.15, 0.2) is 0 Å². The molecular weight excluding hydrogens is 304 g/mol. The number of methoxy groups -OCH3 is 1.